The Morgan fingerprint density at radius 3 is 3.00 bits per heavy atom. The fourth-order valence-corrected chi connectivity index (χ4v) is 1.38. The molecule has 1 aliphatic rings. The summed E-state index contributed by atoms with van der Waals surface area (Å²) in [7, 11) is 0. The predicted octanol–water partition coefficient (Wildman–Crippen LogP) is 0.253. The van der Waals surface area contributed by atoms with Crippen LogP contribution in [0, 0.1) is 0 Å². The molecule has 0 spiro atoms. The second-order valence-electron chi connectivity index (χ2n) is 3.09. The van der Waals surface area contributed by atoms with E-state index in [1.54, 1.807) is 0 Å². The summed E-state index contributed by atoms with van der Waals surface area (Å²) in [5.41, 5.74) is 0.682. The molecule has 0 aliphatic carbocycles. The molecule has 5 nitrogen and oxygen atoms in total. The van der Waals surface area contributed by atoms with Crippen molar-refractivity contribution in [3.63, 3.8) is 0 Å². The van der Waals surface area contributed by atoms with Crippen molar-refractivity contribution in [2.24, 2.45) is 0 Å². The molecule has 0 atom stereocenters. The molecule has 0 unspecified atom stereocenters. The standard InChI is InChI=1S/C9H12N2O3/c12-4-1-8-7-14-9(10-8)11-2-5-13-6-3-11/h4,7H,1-3,5-6H2. The van der Waals surface area contributed by atoms with Crippen LogP contribution in [0.4, 0.5) is 6.01 Å². The van der Waals surface area contributed by atoms with Gasteiger partial charge in [-0.2, -0.15) is 4.98 Å². The van der Waals surface area contributed by atoms with Gasteiger partial charge in [0.1, 0.15) is 12.5 Å². The molecule has 5 heteroatoms. The Balaban J connectivity index is 2.03. The van der Waals surface area contributed by atoms with Crippen LogP contribution in [-0.4, -0.2) is 37.6 Å². The van der Waals surface area contributed by atoms with Crippen LogP contribution >= 0.6 is 0 Å². The molecule has 0 bridgehead atoms. The highest BCUT2D eigenvalue weighted by Crippen LogP contribution is 2.14. The maximum absolute atomic E-state index is 10.2. The van der Waals surface area contributed by atoms with Gasteiger partial charge in [-0.15, -0.1) is 0 Å². The number of aromatic nitrogens is 1. The van der Waals surface area contributed by atoms with E-state index in [0.29, 0.717) is 31.3 Å². The number of nitrogens with zero attached hydrogens (tertiary/aromatic N) is 2. The van der Waals surface area contributed by atoms with Gasteiger partial charge in [0.15, 0.2) is 0 Å². The van der Waals surface area contributed by atoms with Gasteiger partial charge in [0.2, 0.25) is 0 Å². The number of ether oxygens (including phenoxy) is 1. The Labute approximate surface area is 81.7 Å². The number of morpholine rings is 1. The van der Waals surface area contributed by atoms with Crippen molar-refractivity contribution < 1.29 is 13.9 Å². The van der Waals surface area contributed by atoms with Crippen LogP contribution in [0.3, 0.4) is 0 Å². The largest absolute Gasteiger partial charge is 0.432 e. The summed E-state index contributed by atoms with van der Waals surface area (Å²) in [6, 6.07) is 0.588. The first-order valence-corrected chi connectivity index (χ1v) is 4.61. The lowest BCUT2D eigenvalue weighted by Crippen LogP contribution is -2.36. The molecule has 1 saturated heterocycles. The van der Waals surface area contributed by atoms with E-state index in [-0.39, 0.29) is 0 Å². The molecule has 2 rings (SSSR count). The molecule has 0 radical (unpaired) electrons. The van der Waals surface area contributed by atoms with E-state index in [1.807, 2.05) is 4.90 Å². The van der Waals surface area contributed by atoms with Crippen molar-refractivity contribution in [1.29, 1.82) is 0 Å². The highest BCUT2D eigenvalue weighted by Gasteiger charge is 2.15. The van der Waals surface area contributed by atoms with Crippen molar-refractivity contribution in [2.45, 2.75) is 6.42 Å². The summed E-state index contributed by atoms with van der Waals surface area (Å²) < 4.78 is 10.5. The van der Waals surface area contributed by atoms with Crippen LogP contribution in [-0.2, 0) is 16.0 Å². The lowest BCUT2D eigenvalue weighted by molar-refractivity contribution is -0.107. The van der Waals surface area contributed by atoms with Gasteiger partial charge in [-0.1, -0.05) is 0 Å². The van der Waals surface area contributed by atoms with Gasteiger partial charge in [-0.05, 0) is 0 Å². The van der Waals surface area contributed by atoms with Crippen molar-refractivity contribution in [3.8, 4) is 0 Å². The van der Waals surface area contributed by atoms with Crippen molar-refractivity contribution >= 4 is 12.3 Å². The van der Waals surface area contributed by atoms with Gasteiger partial charge >= 0.3 is 0 Å². The summed E-state index contributed by atoms with van der Waals surface area (Å²) in [6.07, 6.45) is 2.66. The minimum Gasteiger partial charge on any atom is -0.432 e. The Kier molecular flexibility index (Phi) is 2.78. The fraction of sp³-hybridized carbons (Fsp3) is 0.556. The normalized spacial score (nSPS) is 17.0. The third-order valence-electron chi connectivity index (χ3n) is 2.11. The van der Waals surface area contributed by atoms with Crippen LogP contribution < -0.4 is 4.90 Å². The molecule has 14 heavy (non-hydrogen) atoms. The first kappa shape index (κ1) is 9.21. The van der Waals surface area contributed by atoms with Crippen LogP contribution in [0.2, 0.25) is 0 Å². The van der Waals surface area contributed by atoms with Crippen LogP contribution in [0.5, 0.6) is 0 Å². The molecule has 1 aromatic heterocycles. The molecule has 0 saturated carbocycles. The van der Waals surface area contributed by atoms with Crippen LogP contribution in [0.25, 0.3) is 0 Å². The number of aldehydes is 1. The van der Waals surface area contributed by atoms with Crippen molar-refractivity contribution in [1.82, 2.24) is 4.98 Å². The third-order valence-corrected chi connectivity index (χ3v) is 2.11. The summed E-state index contributed by atoms with van der Waals surface area (Å²) >= 11 is 0. The minimum atomic E-state index is 0.313. The number of anilines is 1. The zero-order valence-corrected chi connectivity index (χ0v) is 7.81. The number of oxazole rings is 1. The smallest absolute Gasteiger partial charge is 0.297 e. The monoisotopic (exact) mass is 196 g/mol. The third kappa shape index (κ3) is 1.93. The molecule has 0 aromatic carbocycles. The van der Waals surface area contributed by atoms with Gasteiger partial charge < -0.3 is 18.8 Å². The topological polar surface area (TPSA) is 55.6 Å². The van der Waals surface area contributed by atoms with Gasteiger partial charge in [0.05, 0.1) is 18.9 Å². The Morgan fingerprint density at radius 2 is 2.29 bits per heavy atom. The Hall–Kier alpha value is -1.36. The van der Waals surface area contributed by atoms with Crippen LogP contribution in [0.15, 0.2) is 10.7 Å². The summed E-state index contributed by atoms with van der Waals surface area (Å²) in [4.78, 5) is 16.5. The van der Waals surface area contributed by atoms with E-state index >= 15 is 0 Å². The zero-order chi connectivity index (χ0) is 9.80. The molecule has 0 amide bonds. The van der Waals surface area contributed by atoms with E-state index in [0.717, 1.165) is 19.4 Å². The van der Waals surface area contributed by atoms with Gasteiger partial charge in [-0.25, -0.2) is 0 Å². The van der Waals surface area contributed by atoms with Gasteiger partial charge in [-0.3, -0.25) is 0 Å². The average Bonchev–Trinajstić information content (AvgIpc) is 2.68. The number of carbonyl (C=O) groups is 1. The SMILES string of the molecule is O=CCc1coc(N2CCOCC2)n1. The van der Waals surface area contributed by atoms with E-state index in [9.17, 15) is 4.79 Å². The van der Waals surface area contributed by atoms with E-state index < -0.39 is 0 Å². The second kappa shape index (κ2) is 4.23. The average molecular weight is 196 g/mol. The molecular weight excluding hydrogens is 184 g/mol. The number of carbonyl (C=O) groups excluding carboxylic acids is 1. The Morgan fingerprint density at radius 1 is 1.50 bits per heavy atom. The molecular formula is C9H12N2O3. The summed E-state index contributed by atoms with van der Waals surface area (Å²) in [6.45, 7) is 2.98. The lowest BCUT2D eigenvalue weighted by Gasteiger charge is -2.24. The van der Waals surface area contributed by atoms with Crippen molar-refractivity contribution in [2.75, 3.05) is 31.2 Å². The summed E-state index contributed by atoms with van der Waals surface area (Å²) in [5, 5.41) is 0. The molecule has 1 aliphatic heterocycles. The first-order valence-electron chi connectivity index (χ1n) is 4.61. The van der Waals surface area contributed by atoms with E-state index in [2.05, 4.69) is 4.98 Å². The predicted molar refractivity (Wildman–Crippen MR) is 49.3 cm³/mol. The van der Waals surface area contributed by atoms with E-state index in [1.165, 1.54) is 6.26 Å². The Bertz CT molecular complexity index is 305. The van der Waals surface area contributed by atoms with Crippen molar-refractivity contribution in [3.05, 3.63) is 12.0 Å². The molecule has 0 N–H and O–H groups in total. The number of rotatable bonds is 3. The number of hydrogen-bond acceptors (Lipinski definition) is 5. The molecule has 1 fully saturated rings. The highest BCUT2D eigenvalue weighted by molar-refractivity contribution is 5.53. The highest BCUT2D eigenvalue weighted by atomic mass is 16.5. The van der Waals surface area contributed by atoms with Gasteiger partial charge in [0, 0.05) is 19.5 Å². The number of hydrogen-bond donors (Lipinski definition) is 0. The maximum Gasteiger partial charge on any atom is 0.297 e. The second-order valence-corrected chi connectivity index (χ2v) is 3.09. The fourth-order valence-electron chi connectivity index (χ4n) is 1.38. The quantitative estimate of drug-likeness (QED) is 0.649. The lowest BCUT2D eigenvalue weighted by atomic mass is 10.4. The maximum atomic E-state index is 10.2. The first-order chi connectivity index (χ1) is 6.90. The molecule has 2 heterocycles. The minimum absolute atomic E-state index is 0.313. The van der Waals surface area contributed by atoms with E-state index in [4.69, 9.17) is 9.15 Å². The molecule has 76 valence electrons. The summed E-state index contributed by atoms with van der Waals surface area (Å²) in [5.74, 6) is 0. The molecule has 1 aromatic rings. The van der Waals surface area contributed by atoms with Gasteiger partial charge in [0.25, 0.3) is 6.01 Å². The zero-order valence-electron chi connectivity index (χ0n) is 7.81. The van der Waals surface area contributed by atoms with Crippen LogP contribution in [0.1, 0.15) is 5.69 Å².